The first-order chi connectivity index (χ1) is 9.77. The van der Waals surface area contributed by atoms with Crippen molar-refractivity contribution in [2.24, 2.45) is 0 Å². The molecular weight excluding hydrogens is 349 g/mol. The fourth-order valence-electron chi connectivity index (χ4n) is 1.75. The third-order valence-corrected chi connectivity index (χ3v) is 3.52. The lowest BCUT2D eigenvalue weighted by molar-refractivity contribution is -0.137. The average molecular weight is 361 g/mol. The monoisotopic (exact) mass is 360 g/mol. The number of anilines is 1. The molecule has 1 heterocycles. The molecule has 2 aromatic rings. The van der Waals surface area contributed by atoms with E-state index in [-0.39, 0.29) is 18.0 Å². The van der Waals surface area contributed by atoms with Gasteiger partial charge in [0.2, 0.25) is 0 Å². The number of rotatable bonds is 3. The molecular formula is C14H12BrF3N2O. The molecule has 0 saturated heterocycles. The molecule has 0 atom stereocenters. The van der Waals surface area contributed by atoms with Gasteiger partial charge in [-0.25, -0.2) is 0 Å². The average Bonchev–Trinajstić information content (AvgIpc) is 2.40. The third-order valence-electron chi connectivity index (χ3n) is 2.83. The summed E-state index contributed by atoms with van der Waals surface area (Å²) < 4.78 is 38.6. The minimum atomic E-state index is -4.40. The van der Waals surface area contributed by atoms with Crippen LogP contribution in [-0.2, 0) is 12.7 Å². The van der Waals surface area contributed by atoms with Gasteiger partial charge >= 0.3 is 6.18 Å². The Morgan fingerprint density at radius 3 is 2.62 bits per heavy atom. The molecule has 21 heavy (non-hydrogen) atoms. The van der Waals surface area contributed by atoms with Crippen LogP contribution in [0.1, 0.15) is 17.0 Å². The van der Waals surface area contributed by atoms with Gasteiger partial charge in [0.1, 0.15) is 11.4 Å². The van der Waals surface area contributed by atoms with Crippen molar-refractivity contribution in [3.05, 3.63) is 51.8 Å². The molecule has 3 nitrogen and oxygen atoms in total. The number of nitrogens with one attached hydrogen (secondary N) is 1. The lowest BCUT2D eigenvalue weighted by Crippen LogP contribution is -2.08. The van der Waals surface area contributed by atoms with Crippen LogP contribution < -0.4 is 5.32 Å². The maximum absolute atomic E-state index is 12.7. The van der Waals surface area contributed by atoms with Crippen LogP contribution in [0.3, 0.4) is 0 Å². The molecule has 112 valence electrons. The predicted octanol–water partition coefficient (Wildman–Crippen LogP) is 4.49. The van der Waals surface area contributed by atoms with Gasteiger partial charge in [0.05, 0.1) is 12.1 Å². The second-order valence-corrected chi connectivity index (χ2v) is 5.32. The van der Waals surface area contributed by atoms with Crippen LogP contribution in [-0.4, -0.2) is 10.1 Å². The fourth-order valence-corrected chi connectivity index (χ4v) is 2.14. The van der Waals surface area contributed by atoms with Gasteiger partial charge in [0, 0.05) is 15.9 Å². The molecule has 0 saturated carbocycles. The quantitative estimate of drug-likeness (QED) is 0.847. The highest BCUT2D eigenvalue weighted by Gasteiger charge is 2.30. The largest absolute Gasteiger partial charge is 0.506 e. The highest BCUT2D eigenvalue weighted by atomic mass is 79.9. The zero-order valence-corrected chi connectivity index (χ0v) is 12.6. The van der Waals surface area contributed by atoms with Gasteiger partial charge in [-0.1, -0.05) is 0 Å². The molecule has 0 fully saturated rings. The summed E-state index contributed by atoms with van der Waals surface area (Å²) in [5.41, 5.74) is 0.633. The Balaban J connectivity index is 2.22. The zero-order valence-electron chi connectivity index (χ0n) is 11.0. The SMILES string of the molecule is Cc1ccc(O)c(CNc2cc(C(F)(F)F)ccc2Br)n1. The van der Waals surface area contributed by atoms with E-state index in [1.807, 2.05) is 0 Å². The number of pyridine rings is 1. The Hall–Kier alpha value is -1.76. The van der Waals surface area contributed by atoms with Gasteiger partial charge in [-0.3, -0.25) is 4.98 Å². The summed E-state index contributed by atoms with van der Waals surface area (Å²) in [7, 11) is 0. The summed E-state index contributed by atoms with van der Waals surface area (Å²) in [5, 5.41) is 12.5. The van der Waals surface area contributed by atoms with Gasteiger partial charge in [-0.2, -0.15) is 13.2 Å². The number of halogens is 4. The van der Waals surface area contributed by atoms with Gasteiger partial charge in [-0.15, -0.1) is 0 Å². The zero-order chi connectivity index (χ0) is 15.6. The molecule has 0 radical (unpaired) electrons. The first-order valence-corrected chi connectivity index (χ1v) is 6.83. The summed E-state index contributed by atoms with van der Waals surface area (Å²) in [6.07, 6.45) is -4.40. The molecule has 7 heteroatoms. The van der Waals surface area contributed by atoms with Crippen molar-refractivity contribution in [2.75, 3.05) is 5.32 Å². The van der Waals surface area contributed by atoms with E-state index in [9.17, 15) is 18.3 Å². The van der Waals surface area contributed by atoms with E-state index in [0.29, 0.717) is 15.9 Å². The maximum Gasteiger partial charge on any atom is 0.416 e. The van der Waals surface area contributed by atoms with Crippen LogP contribution in [0.25, 0.3) is 0 Å². The first-order valence-electron chi connectivity index (χ1n) is 6.03. The summed E-state index contributed by atoms with van der Waals surface area (Å²) >= 11 is 3.19. The van der Waals surface area contributed by atoms with E-state index < -0.39 is 11.7 Å². The molecule has 0 bridgehead atoms. The number of nitrogens with zero attached hydrogens (tertiary/aromatic N) is 1. The van der Waals surface area contributed by atoms with Crippen molar-refractivity contribution in [2.45, 2.75) is 19.6 Å². The summed E-state index contributed by atoms with van der Waals surface area (Å²) in [5.74, 6) is -0.00352. The van der Waals surface area contributed by atoms with Gasteiger partial charge in [0.25, 0.3) is 0 Å². The van der Waals surface area contributed by atoms with Crippen molar-refractivity contribution in [3.8, 4) is 5.75 Å². The highest BCUT2D eigenvalue weighted by molar-refractivity contribution is 9.10. The minimum Gasteiger partial charge on any atom is -0.506 e. The molecule has 0 aliphatic rings. The number of hydrogen-bond donors (Lipinski definition) is 2. The number of benzene rings is 1. The number of aromatic nitrogens is 1. The Bertz CT molecular complexity index is 659. The van der Waals surface area contributed by atoms with Crippen LogP contribution in [0.15, 0.2) is 34.8 Å². The van der Waals surface area contributed by atoms with Crippen molar-refractivity contribution in [1.29, 1.82) is 0 Å². The summed E-state index contributed by atoms with van der Waals surface area (Å²) in [6.45, 7) is 1.89. The Morgan fingerprint density at radius 1 is 1.24 bits per heavy atom. The molecule has 0 unspecified atom stereocenters. The number of aryl methyl sites for hydroxylation is 1. The first kappa shape index (κ1) is 15.6. The van der Waals surface area contributed by atoms with Gasteiger partial charge < -0.3 is 10.4 Å². The normalized spacial score (nSPS) is 11.5. The minimum absolute atomic E-state index is 0.00352. The number of hydrogen-bond acceptors (Lipinski definition) is 3. The van der Waals surface area contributed by atoms with E-state index in [2.05, 4.69) is 26.2 Å². The highest BCUT2D eigenvalue weighted by Crippen LogP contribution is 2.34. The summed E-state index contributed by atoms with van der Waals surface area (Å²) in [6, 6.07) is 6.49. The smallest absolute Gasteiger partial charge is 0.416 e. The molecule has 2 N–H and O–H groups in total. The maximum atomic E-state index is 12.7. The topological polar surface area (TPSA) is 45.1 Å². The Morgan fingerprint density at radius 2 is 1.95 bits per heavy atom. The van der Waals surface area contributed by atoms with E-state index >= 15 is 0 Å². The van der Waals surface area contributed by atoms with Gasteiger partial charge in [-0.05, 0) is 53.2 Å². The van der Waals surface area contributed by atoms with E-state index in [4.69, 9.17) is 0 Å². The van der Waals surface area contributed by atoms with Crippen LogP contribution in [0.2, 0.25) is 0 Å². The van der Waals surface area contributed by atoms with Crippen LogP contribution in [0, 0.1) is 6.92 Å². The van der Waals surface area contributed by atoms with E-state index in [0.717, 1.165) is 12.1 Å². The van der Waals surface area contributed by atoms with Crippen molar-refractivity contribution in [3.63, 3.8) is 0 Å². The fraction of sp³-hybridized carbons (Fsp3) is 0.214. The Kier molecular flexibility index (Phi) is 4.41. The van der Waals surface area contributed by atoms with Crippen molar-refractivity contribution >= 4 is 21.6 Å². The van der Waals surface area contributed by atoms with Crippen LogP contribution in [0.5, 0.6) is 5.75 Å². The van der Waals surface area contributed by atoms with Crippen molar-refractivity contribution < 1.29 is 18.3 Å². The molecule has 2 rings (SSSR count). The second-order valence-electron chi connectivity index (χ2n) is 4.46. The van der Waals surface area contributed by atoms with E-state index in [1.54, 1.807) is 13.0 Å². The molecule has 1 aromatic carbocycles. The van der Waals surface area contributed by atoms with Gasteiger partial charge in [0.15, 0.2) is 0 Å². The second kappa shape index (κ2) is 5.93. The lowest BCUT2D eigenvalue weighted by Gasteiger charge is -2.13. The predicted molar refractivity (Wildman–Crippen MR) is 77.1 cm³/mol. The van der Waals surface area contributed by atoms with Crippen molar-refractivity contribution in [1.82, 2.24) is 4.98 Å². The molecule has 1 aromatic heterocycles. The molecule has 0 aliphatic heterocycles. The molecule has 0 aliphatic carbocycles. The van der Waals surface area contributed by atoms with Crippen LogP contribution >= 0.6 is 15.9 Å². The lowest BCUT2D eigenvalue weighted by atomic mass is 10.2. The number of alkyl halides is 3. The molecule has 0 spiro atoms. The van der Waals surface area contributed by atoms with Crippen LogP contribution in [0.4, 0.5) is 18.9 Å². The Labute approximate surface area is 128 Å². The van der Waals surface area contributed by atoms with E-state index in [1.165, 1.54) is 12.1 Å². The standard InChI is InChI=1S/C14H12BrF3N2O/c1-8-2-5-13(21)12(20-8)7-19-11-6-9(14(16,17)18)3-4-10(11)15/h2-6,19,21H,7H2,1H3. The molecule has 0 amide bonds. The number of aromatic hydroxyl groups is 1. The third kappa shape index (κ3) is 3.87. The summed E-state index contributed by atoms with van der Waals surface area (Å²) in [4.78, 5) is 4.14.